The molecule has 0 aromatic carbocycles. The van der Waals surface area contributed by atoms with Crippen LogP contribution >= 0.6 is 0 Å². The van der Waals surface area contributed by atoms with E-state index in [2.05, 4.69) is 0 Å². The van der Waals surface area contributed by atoms with Gasteiger partial charge in [0.15, 0.2) is 0 Å². The van der Waals surface area contributed by atoms with Crippen LogP contribution in [0.15, 0.2) is 0 Å². The number of rotatable bonds is 0. The van der Waals surface area contributed by atoms with E-state index in [4.69, 9.17) is 4.74 Å². The highest BCUT2D eigenvalue weighted by atomic mass is 16.6. The van der Waals surface area contributed by atoms with Crippen LogP contribution in [-0.2, 0) is 4.74 Å². The molecule has 2 unspecified atom stereocenters. The monoisotopic (exact) mass is 185 g/mol. The van der Waals surface area contributed by atoms with Crippen molar-refractivity contribution in [3.63, 3.8) is 0 Å². The lowest BCUT2D eigenvalue weighted by Crippen LogP contribution is -2.56. The van der Waals surface area contributed by atoms with Crippen LogP contribution in [0, 0.1) is 0 Å². The fourth-order valence-corrected chi connectivity index (χ4v) is 1.69. The summed E-state index contributed by atoms with van der Waals surface area (Å²) in [5.41, 5.74) is -0.383. The Morgan fingerprint density at radius 3 is 2.08 bits per heavy atom. The summed E-state index contributed by atoms with van der Waals surface area (Å²) >= 11 is 0. The van der Waals surface area contributed by atoms with Crippen LogP contribution < -0.4 is 0 Å². The maximum absolute atomic E-state index is 11.6. The fourth-order valence-electron chi connectivity index (χ4n) is 1.69. The zero-order valence-corrected chi connectivity index (χ0v) is 9.13. The van der Waals surface area contributed by atoms with E-state index < -0.39 is 0 Å². The minimum Gasteiger partial charge on any atom is -0.444 e. The van der Waals surface area contributed by atoms with Crippen molar-refractivity contribution in [2.75, 3.05) is 0 Å². The molecule has 2 atom stereocenters. The minimum atomic E-state index is -0.383. The minimum absolute atomic E-state index is 0.182. The number of amides is 1. The Balaban J connectivity index is 2.49. The molecule has 1 fully saturated rings. The first-order valence-electron chi connectivity index (χ1n) is 4.82. The summed E-state index contributed by atoms with van der Waals surface area (Å²) in [6, 6.07) is 0.676. The first-order valence-corrected chi connectivity index (χ1v) is 4.82. The summed E-state index contributed by atoms with van der Waals surface area (Å²) in [5, 5.41) is 0. The smallest absolute Gasteiger partial charge is 0.410 e. The van der Waals surface area contributed by atoms with Crippen LogP contribution in [0.4, 0.5) is 4.79 Å². The highest BCUT2D eigenvalue weighted by Gasteiger charge is 2.38. The Kier molecular flexibility index (Phi) is 2.55. The maximum atomic E-state index is 11.6. The molecule has 1 amide bonds. The summed E-state index contributed by atoms with van der Waals surface area (Å²) in [7, 11) is 0. The maximum Gasteiger partial charge on any atom is 0.410 e. The van der Waals surface area contributed by atoms with Crippen molar-refractivity contribution in [3.05, 3.63) is 0 Å². The standard InChI is InChI=1S/C10H19NO2/c1-7-6-8(2)11(7)9(12)13-10(3,4)5/h7-8H,6H2,1-5H3. The van der Waals surface area contributed by atoms with Gasteiger partial charge >= 0.3 is 6.09 Å². The van der Waals surface area contributed by atoms with Gasteiger partial charge in [0.1, 0.15) is 5.60 Å². The second-order valence-electron chi connectivity index (χ2n) is 4.82. The third kappa shape index (κ3) is 2.36. The Labute approximate surface area is 80.1 Å². The fraction of sp³-hybridized carbons (Fsp3) is 0.900. The zero-order chi connectivity index (χ0) is 10.2. The lowest BCUT2D eigenvalue weighted by atomic mass is 9.97. The van der Waals surface area contributed by atoms with E-state index in [0.29, 0.717) is 12.1 Å². The molecular weight excluding hydrogens is 166 g/mol. The van der Waals surface area contributed by atoms with Gasteiger partial charge in [-0.05, 0) is 41.0 Å². The molecule has 3 nitrogen and oxygen atoms in total. The second kappa shape index (κ2) is 3.20. The van der Waals surface area contributed by atoms with Crippen LogP contribution in [0.5, 0.6) is 0 Å². The Morgan fingerprint density at radius 1 is 1.31 bits per heavy atom. The van der Waals surface area contributed by atoms with Gasteiger partial charge in [0, 0.05) is 12.1 Å². The van der Waals surface area contributed by atoms with Crippen molar-refractivity contribution < 1.29 is 9.53 Å². The summed E-state index contributed by atoms with van der Waals surface area (Å²) in [6.45, 7) is 9.76. The number of carbonyl (C=O) groups excluding carboxylic acids is 1. The normalized spacial score (nSPS) is 28.2. The molecule has 1 aliphatic rings. The molecule has 1 saturated heterocycles. The number of nitrogens with zero attached hydrogens (tertiary/aromatic N) is 1. The van der Waals surface area contributed by atoms with E-state index in [9.17, 15) is 4.79 Å². The van der Waals surface area contributed by atoms with Gasteiger partial charge < -0.3 is 9.64 Å². The molecule has 3 heteroatoms. The largest absolute Gasteiger partial charge is 0.444 e. The van der Waals surface area contributed by atoms with E-state index in [1.165, 1.54) is 0 Å². The summed E-state index contributed by atoms with van der Waals surface area (Å²) in [4.78, 5) is 13.4. The van der Waals surface area contributed by atoms with Crippen LogP contribution in [0.1, 0.15) is 41.0 Å². The van der Waals surface area contributed by atoms with Gasteiger partial charge in [-0.1, -0.05) is 0 Å². The quantitative estimate of drug-likeness (QED) is 0.580. The van der Waals surface area contributed by atoms with E-state index in [1.807, 2.05) is 34.6 Å². The number of ether oxygens (including phenoxy) is 1. The third-order valence-corrected chi connectivity index (χ3v) is 2.24. The Bertz CT molecular complexity index is 199. The van der Waals surface area contributed by atoms with E-state index >= 15 is 0 Å². The Morgan fingerprint density at radius 2 is 1.77 bits per heavy atom. The average Bonchev–Trinajstić information content (AvgIpc) is 1.80. The highest BCUT2D eigenvalue weighted by molar-refractivity contribution is 5.70. The van der Waals surface area contributed by atoms with E-state index in [0.717, 1.165) is 6.42 Å². The van der Waals surface area contributed by atoms with Crippen LogP contribution in [0.25, 0.3) is 0 Å². The van der Waals surface area contributed by atoms with Crippen molar-refractivity contribution in [2.24, 2.45) is 0 Å². The molecule has 76 valence electrons. The lowest BCUT2D eigenvalue weighted by Gasteiger charge is -2.45. The predicted molar refractivity (Wildman–Crippen MR) is 51.6 cm³/mol. The van der Waals surface area contributed by atoms with Crippen LogP contribution in [0.2, 0.25) is 0 Å². The van der Waals surface area contributed by atoms with E-state index in [-0.39, 0.29) is 11.7 Å². The first kappa shape index (κ1) is 10.4. The molecule has 1 heterocycles. The zero-order valence-electron chi connectivity index (χ0n) is 9.13. The van der Waals surface area contributed by atoms with Crippen molar-refractivity contribution >= 4 is 6.09 Å². The molecule has 0 radical (unpaired) electrons. The Hall–Kier alpha value is -0.730. The summed E-state index contributed by atoms with van der Waals surface area (Å²) in [5.74, 6) is 0. The highest BCUT2D eigenvalue weighted by Crippen LogP contribution is 2.26. The molecular formula is C10H19NO2. The molecule has 0 saturated carbocycles. The van der Waals surface area contributed by atoms with Crippen molar-refractivity contribution in [1.29, 1.82) is 0 Å². The SMILES string of the molecule is CC1CC(C)N1C(=O)OC(C)(C)C. The third-order valence-electron chi connectivity index (χ3n) is 2.24. The molecule has 1 aliphatic heterocycles. The van der Waals surface area contributed by atoms with Crippen molar-refractivity contribution in [1.82, 2.24) is 4.90 Å². The first-order chi connectivity index (χ1) is 5.81. The van der Waals surface area contributed by atoms with E-state index in [1.54, 1.807) is 4.90 Å². The molecule has 0 spiro atoms. The second-order valence-corrected chi connectivity index (χ2v) is 4.82. The number of hydrogen-bond donors (Lipinski definition) is 0. The molecule has 0 bridgehead atoms. The lowest BCUT2D eigenvalue weighted by molar-refractivity contribution is -0.0222. The summed E-state index contributed by atoms with van der Waals surface area (Å²) in [6.07, 6.45) is 0.901. The van der Waals surface area contributed by atoms with Crippen molar-refractivity contribution in [3.8, 4) is 0 Å². The molecule has 1 rings (SSSR count). The van der Waals surface area contributed by atoms with Crippen LogP contribution in [0.3, 0.4) is 0 Å². The molecule has 13 heavy (non-hydrogen) atoms. The van der Waals surface area contributed by atoms with Gasteiger partial charge in [-0.2, -0.15) is 0 Å². The average molecular weight is 185 g/mol. The van der Waals surface area contributed by atoms with Gasteiger partial charge in [0.2, 0.25) is 0 Å². The molecule has 0 N–H and O–H groups in total. The predicted octanol–water partition coefficient (Wildman–Crippen LogP) is 2.40. The number of likely N-dealkylation sites (tertiary alicyclic amines) is 1. The van der Waals surface area contributed by atoms with Crippen molar-refractivity contribution in [2.45, 2.75) is 58.7 Å². The van der Waals surface area contributed by atoms with Gasteiger partial charge in [-0.25, -0.2) is 4.79 Å². The number of carbonyl (C=O) groups is 1. The number of hydrogen-bond acceptors (Lipinski definition) is 2. The van der Waals surface area contributed by atoms with Gasteiger partial charge in [-0.15, -0.1) is 0 Å². The molecule has 0 aromatic rings. The molecule has 0 aromatic heterocycles. The van der Waals surface area contributed by atoms with Gasteiger partial charge in [0.05, 0.1) is 0 Å². The summed E-state index contributed by atoms with van der Waals surface area (Å²) < 4.78 is 5.27. The topological polar surface area (TPSA) is 29.5 Å². The molecule has 0 aliphatic carbocycles. The van der Waals surface area contributed by atoms with Gasteiger partial charge in [-0.3, -0.25) is 0 Å². The van der Waals surface area contributed by atoms with Gasteiger partial charge in [0.25, 0.3) is 0 Å². The van der Waals surface area contributed by atoms with Crippen LogP contribution in [-0.4, -0.2) is 28.7 Å².